The van der Waals surface area contributed by atoms with Crippen LogP contribution in [0.15, 0.2) is 23.6 Å². The van der Waals surface area contributed by atoms with E-state index in [4.69, 9.17) is 23.2 Å². The highest BCUT2D eigenvalue weighted by Crippen LogP contribution is 2.47. The summed E-state index contributed by atoms with van der Waals surface area (Å²) in [6, 6.07) is 1.70. The summed E-state index contributed by atoms with van der Waals surface area (Å²) in [5, 5.41) is -3.77. The molecule has 0 saturated carbocycles. The Morgan fingerprint density at radius 2 is 1.55 bits per heavy atom. The van der Waals surface area contributed by atoms with Gasteiger partial charge in [0.25, 0.3) is 0 Å². The van der Waals surface area contributed by atoms with Gasteiger partial charge in [0.2, 0.25) is 0 Å². The molecule has 20 heavy (non-hydrogen) atoms. The van der Waals surface area contributed by atoms with Crippen molar-refractivity contribution in [2.24, 2.45) is 0 Å². The standard InChI is InChI=1S/C12H9Cl2F2N3S/c1-6-3-7(2)19-11(18-6)20-12(15,16)10-8(13)4-17-5-9(10)14/h3-5H,1-2H3. The molecule has 0 aromatic carbocycles. The van der Waals surface area contributed by atoms with Crippen LogP contribution >= 0.6 is 35.0 Å². The number of hydrogen-bond acceptors (Lipinski definition) is 4. The molecule has 2 rings (SSSR count). The molecule has 0 fully saturated rings. The Kier molecular flexibility index (Phi) is 4.46. The predicted octanol–water partition coefficient (Wildman–Crippen LogP) is 4.64. The van der Waals surface area contributed by atoms with Crippen molar-refractivity contribution in [1.82, 2.24) is 15.0 Å². The third-order valence-electron chi connectivity index (χ3n) is 2.33. The Bertz CT molecular complexity index is 612. The van der Waals surface area contributed by atoms with Gasteiger partial charge in [0.15, 0.2) is 5.16 Å². The zero-order chi connectivity index (χ0) is 14.9. The molecular weight excluding hydrogens is 327 g/mol. The smallest absolute Gasteiger partial charge is 0.262 e. The summed E-state index contributed by atoms with van der Waals surface area (Å²) in [6.45, 7) is 3.42. The number of halogens is 4. The highest BCUT2D eigenvalue weighted by molar-refractivity contribution is 7.99. The molecule has 0 radical (unpaired) electrons. The van der Waals surface area contributed by atoms with Crippen LogP contribution in [0, 0.1) is 13.8 Å². The molecule has 2 aromatic heterocycles. The van der Waals surface area contributed by atoms with Gasteiger partial charge in [-0.05, 0) is 31.7 Å². The number of alkyl halides is 2. The summed E-state index contributed by atoms with van der Waals surface area (Å²) in [5.41, 5.74) is 0.744. The lowest BCUT2D eigenvalue weighted by atomic mass is 10.3. The normalized spacial score (nSPS) is 11.7. The molecule has 0 saturated heterocycles. The molecule has 0 amide bonds. The summed E-state index contributed by atoms with van der Waals surface area (Å²) in [4.78, 5) is 11.6. The van der Waals surface area contributed by atoms with E-state index in [2.05, 4.69) is 15.0 Å². The Labute approximate surface area is 128 Å². The van der Waals surface area contributed by atoms with Crippen molar-refractivity contribution in [3.05, 3.63) is 45.5 Å². The van der Waals surface area contributed by atoms with Gasteiger partial charge in [-0.25, -0.2) is 9.97 Å². The lowest BCUT2D eigenvalue weighted by Gasteiger charge is -2.17. The summed E-state index contributed by atoms with van der Waals surface area (Å²) < 4.78 is 28.6. The van der Waals surface area contributed by atoms with Gasteiger partial charge in [-0.3, -0.25) is 4.98 Å². The minimum absolute atomic E-state index is 0.0311. The third kappa shape index (κ3) is 3.37. The molecule has 0 N–H and O–H groups in total. The second-order valence-electron chi connectivity index (χ2n) is 4.03. The SMILES string of the molecule is Cc1cc(C)nc(SC(F)(F)c2c(Cl)cncc2Cl)n1. The van der Waals surface area contributed by atoms with Crippen molar-refractivity contribution in [1.29, 1.82) is 0 Å². The van der Waals surface area contributed by atoms with E-state index in [-0.39, 0.29) is 27.0 Å². The van der Waals surface area contributed by atoms with Crippen LogP contribution in [0.4, 0.5) is 8.78 Å². The Morgan fingerprint density at radius 3 is 2.05 bits per heavy atom. The van der Waals surface area contributed by atoms with Crippen molar-refractivity contribution >= 4 is 35.0 Å². The topological polar surface area (TPSA) is 38.7 Å². The molecule has 2 aromatic rings. The van der Waals surface area contributed by atoms with Crippen LogP contribution in [0.5, 0.6) is 0 Å². The van der Waals surface area contributed by atoms with Gasteiger partial charge in [-0.1, -0.05) is 23.2 Å². The number of aromatic nitrogens is 3. The molecule has 0 bridgehead atoms. The lowest BCUT2D eigenvalue weighted by molar-refractivity contribution is 0.105. The van der Waals surface area contributed by atoms with Crippen molar-refractivity contribution in [2.75, 3.05) is 0 Å². The number of aryl methyl sites for hydroxylation is 2. The van der Waals surface area contributed by atoms with Gasteiger partial charge in [-0.15, -0.1) is 0 Å². The van der Waals surface area contributed by atoms with Crippen LogP contribution in [0.2, 0.25) is 10.0 Å². The Balaban J connectivity index is 2.40. The fourth-order valence-corrected chi connectivity index (χ4v) is 3.24. The largest absolute Gasteiger partial charge is 0.329 e. The first-order chi connectivity index (χ1) is 9.29. The maximum Gasteiger partial charge on any atom is 0.329 e. The van der Waals surface area contributed by atoms with E-state index < -0.39 is 10.8 Å². The zero-order valence-electron chi connectivity index (χ0n) is 10.5. The number of rotatable bonds is 3. The minimum Gasteiger partial charge on any atom is -0.262 e. The average Bonchev–Trinajstić information content (AvgIpc) is 2.25. The van der Waals surface area contributed by atoms with E-state index in [1.165, 1.54) is 0 Å². The fraction of sp³-hybridized carbons (Fsp3) is 0.250. The van der Waals surface area contributed by atoms with Crippen LogP contribution in [0.1, 0.15) is 17.0 Å². The zero-order valence-corrected chi connectivity index (χ0v) is 12.8. The van der Waals surface area contributed by atoms with E-state index in [1.54, 1.807) is 19.9 Å². The third-order valence-corrected chi connectivity index (χ3v) is 3.72. The molecule has 0 unspecified atom stereocenters. The molecule has 3 nitrogen and oxygen atoms in total. The van der Waals surface area contributed by atoms with Crippen LogP contribution in [-0.2, 0) is 5.25 Å². The number of pyridine rings is 1. The first-order valence-corrected chi connectivity index (χ1v) is 7.05. The van der Waals surface area contributed by atoms with E-state index in [9.17, 15) is 8.78 Å². The highest BCUT2D eigenvalue weighted by Gasteiger charge is 2.39. The quantitative estimate of drug-likeness (QED) is 0.605. The fourth-order valence-electron chi connectivity index (χ4n) is 1.59. The monoisotopic (exact) mass is 335 g/mol. The Hall–Kier alpha value is -0.980. The first kappa shape index (κ1) is 15.4. The maximum atomic E-state index is 14.3. The molecule has 0 aliphatic rings. The molecule has 106 valence electrons. The highest BCUT2D eigenvalue weighted by atomic mass is 35.5. The molecule has 8 heteroatoms. The molecular formula is C12H9Cl2F2N3S. The van der Waals surface area contributed by atoms with E-state index in [0.29, 0.717) is 11.4 Å². The van der Waals surface area contributed by atoms with Crippen LogP contribution in [0.25, 0.3) is 0 Å². The molecule has 0 aliphatic heterocycles. The number of hydrogen-bond donors (Lipinski definition) is 0. The van der Waals surface area contributed by atoms with Crippen molar-refractivity contribution in [3.63, 3.8) is 0 Å². The van der Waals surface area contributed by atoms with Gasteiger partial charge in [0.1, 0.15) is 0 Å². The summed E-state index contributed by atoms with van der Waals surface area (Å²) in [5.74, 6) is 0. The van der Waals surface area contributed by atoms with Crippen LogP contribution in [0.3, 0.4) is 0 Å². The van der Waals surface area contributed by atoms with Crippen molar-refractivity contribution in [2.45, 2.75) is 24.3 Å². The Morgan fingerprint density at radius 1 is 1.05 bits per heavy atom. The lowest BCUT2D eigenvalue weighted by Crippen LogP contribution is -2.11. The summed E-state index contributed by atoms with van der Waals surface area (Å²) in [6.07, 6.45) is 2.25. The number of nitrogens with zero attached hydrogens (tertiary/aromatic N) is 3. The molecule has 2 heterocycles. The predicted molar refractivity (Wildman–Crippen MR) is 75.5 cm³/mol. The van der Waals surface area contributed by atoms with Crippen LogP contribution in [-0.4, -0.2) is 15.0 Å². The number of thioether (sulfide) groups is 1. The first-order valence-electron chi connectivity index (χ1n) is 5.48. The van der Waals surface area contributed by atoms with Gasteiger partial charge >= 0.3 is 5.25 Å². The summed E-state index contributed by atoms with van der Waals surface area (Å²) in [7, 11) is 0. The van der Waals surface area contributed by atoms with Gasteiger partial charge in [0.05, 0.1) is 15.6 Å². The minimum atomic E-state index is -3.35. The van der Waals surface area contributed by atoms with Gasteiger partial charge in [0, 0.05) is 23.8 Å². The van der Waals surface area contributed by atoms with Crippen LogP contribution < -0.4 is 0 Å². The van der Waals surface area contributed by atoms with Gasteiger partial charge < -0.3 is 0 Å². The second-order valence-corrected chi connectivity index (χ2v) is 5.93. The molecule has 0 atom stereocenters. The van der Waals surface area contributed by atoms with Crippen molar-refractivity contribution in [3.8, 4) is 0 Å². The van der Waals surface area contributed by atoms with E-state index >= 15 is 0 Å². The van der Waals surface area contributed by atoms with E-state index in [1.807, 2.05) is 0 Å². The summed E-state index contributed by atoms with van der Waals surface area (Å²) >= 11 is 11.7. The molecule has 0 spiro atoms. The second kappa shape index (κ2) is 5.79. The molecule has 0 aliphatic carbocycles. The van der Waals surface area contributed by atoms with E-state index in [0.717, 1.165) is 12.4 Å². The van der Waals surface area contributed by atoms with Gasteiger partial charge in [-0.2, -0.15) is 8.78 Å². The van der Waals surface area contributed by atoms with Crippen molar-refractivity contribution < 1.29 is 8.78 Å². The maximum absolute atomic E-state index is 14.3. The average molecular weight is 336 g/mol.